The maximum Gasteiger partial charge on any atom is 0.227 e. The Morgan fingerprint density at radius 1 is 1.28 bits per heavy atom. The highest BCUT2D eigenvalue weighted by atomic mass is 32.2. The molecule has 7 heteroatoms. The fraction of sp³-hybridized carbons (Fsp3) is 0.364. The lowest BCUT2D eigenvalue weighted by molar-refractivity contribution is -0.126. The predicted octanol–water partition coefficient (Wildman–Crippen LogP) is 3.32. The van der Waals surface area contributed by atoms with E-state index in [0.717, 1.165) is 16.1 Å². The van der Waals surface area contributed by atoms with E-state index in [1.807, 2.05) is 55.6 Å². The quantitative estimate of drug-likeness (QED) is 0.705. The van der Waals surface area contributed by atoms with E-state index >= 15 is 0 Å². The van der Waals surface area contributed by atoms with Crippen molar-refractivity contribution in [1.29, 1.82) is 0 Å². The average molecular weight is 416 g/mol. The molecule has 1 aliphatic heterocycles. The van der Waals surface area contributed by atoms with Crippen LogP contribution in [0.5, 0.6) is 0 Å². The first kappa shape index (κ1) is 21.3. The van der Waals surface area contributed by atoms with Gasteiger partial charge in [0, 0.05) is 30.1 Å². The van der Waals surface area contributed by atoms with Crippen molar-refractivity contribution in [1.82, 2.24) is 10.2 Å². The lowest BCUT2D eigenvalue weighted by Gasteiger charge is -2.26. The monoisotopic (exact) mass is 415 g/mol. The van der Waals surface area contributed by atoms with Gasteiger partial charge >= 0.3 is 0 Å². The van der Waals surface area contributed by atoms with Gasteiger partial charge in [0.1, 0.15) is 5.82 Å². The molecule has 0 spiro atoms. The second-order valence-electron chi connectivity index (χ2n) is 7.39. The molecule has 0 saturated carbocycles. The summed E-state index contributed by atoms with van der Waals surface area (Å²) in [5.41, 5.74) is 1.62. The molecular formula is C22H26FN3O2S. The first-order valence-corrected chi connectivity index (χ1v) is 10.8. The molecule has 0 aliphatic carbocycles. The van der Waals surface area contributed by atoms with E-state index in [2.05, 4.69) is 5.32 Å². The van der Waals surface area contributed by atoms with Crippen LogP contribution in [-0.4, -0.2) is 50.2 Å². The van der Waals surface area contributed by atoms with Crippen molar-refractivity contribution in [3.63, 3.8) is 0 Å². The summed E-state index contributed by atoms with van der Waals surface area (Å²) in [5, 5.41) is 2.95. The molecule has 5 nitrogen and oxygen atoms in total. The standard InChI is InChI=1S/C22H26FN3O2S/c1-25(2)20(15-6-4-7-17(23)10-15)13-24-22(28)16-11-21(27)26(14-16)18-8-5-9-19(12-18)29-3/h4-10,12,16,20H,11,13-14H2,1-3H3,(H,24,28)/t16-,20+/m1/s1. The van der Waals surface area contributed by atoms with Gasteiger partial charge in [0.2, 0.25) is 11.8 Å². The highest BCUT2D eigenvalue weighted by molar-refractivity contribution is 7.98. The van der Waals surface area contributed by atoms with Gasteiger partial charge in [-0.3, -0.25) is 9.59 Å². The Bertz CT molecular complexity index is 890. The van der Waals surface area contributed by atoms with Gasteiger partial charge < -0.3 is 15.1 Å². The zero-order valence-corrected chi connectivity index (χ0v) is 17.7. The molecule has 2 aromatic rings. The number of likely N-dealkylation sites (N-methyl/N-ethyl adjacent to an activating group) is 1. The Morgan fingerprint density at radius 3 is 2.72 bits per heavy atom. The third kappa shape index (κ3) is 5.16. The minimum Gasteiger partial charge on any atom is -0.354 e. The number of thioether (sulfide) groups is 1. The minimum absolute atomic E-state index is 0.0438. The van der Waals surface area contributed by atoms with Crippen molar-refractivity contribution >= 4 is 29.3 Å². The number of hydrogen-bond acceptors (Lipinski definition) is 4. The van der Waals surface area contributed by atoms with E-state index < -0.39 is 5.92 Å². The molecule has 2 atom stereocenters. The molecule has 2 amide bonds. The molecule has 154 valence electrons. The number of anilines is 1. The molecule has 0 unspecified atom stereocenters. The van der Waals surface area contributed by atoms with Gasteiger partial charge in [0.25, 0.3) is 0 Å². The third-order valence-corrected chi connectivity index (χ3v) is 5.91. The van der Waals surface area contributed by atoms with Crippen LogP contribution in [0.25, 0.3) is 0 Å². The van der Waals surface area contributed by atoms with Crippen molar-refractivity contribution in [2.75, 3.05) is 38.3 Å². The van der Waals surface area contributed by atoms with E-state index in [9.17, 15) is 14.0 Å². The Balaban J connectivity index is 1.64. The molecule has 1 heterocycles. The van der Waals surface area contributed by atoms with Crippen LogP contribution in [0.3, 0.4) is 0 Å². The third-order valence-electron chi connectivity index (χ3n) is 5.19. The van der Waals surface area contributed by atoms with Crippen LogP contribution >= 0.6 is 11.8 Å². The highest BCUT2D eigenvalue weighted by Crippen LogP contribution is 2.28. The average Bonchev–Trinajstić information content (AvgIpc) is 3.09. The number of amides is 2. The summed E-state index contributed by atoms with van der Waals surface area (Å²) in [5.74, 6) is -0.885. The summed E-state index contributed by atoms with van der Waals surface area (Å²) in [6, 6.07) is 14.0. The number of carbonyl (C=O) groups excluding carboxylic acids is 2. The summed E-state index contributed by atoms with van der Waals surface area (Å²) >= 11 is 1.61. The topological polar surface area (TPSA) is 52.7 Å². The normalized spacial score (nSPS) is 17.6. The molecule has 0 bridgehead atoms. The summed E-state index contributed by atoms with van der Waals surface area (Å²) in [6.45, 7) is 0.719. The van der Waals surface area contributed by atoms with Gasteiger partial charge in [-0.05, 0) is 56.2 Å². The molecule has 29 heavy (non-hydrogen) atoms. The molecule has 1 fully saturated rings. The van der Waals surface area contributed by atoms with Crippen LogP contribution in [0.2, 0.25) is 0 Å². The number of nitrogens with zero attached hydrogens (tertiary/aromatic N) is 2. The van der Waals surface area contributed by atoms with E-state index in [4.69, 9.17) is 0 Å². The first-order valence-electron chi connectivity index (χ1n) is 9.53. The van der Waals surface area contributed by atoms with Crippen molar-refractivity contribution in [3.8, 4) is 0 Å². The van der Waals surface area contributed by atoms with Gasteiger partial charge in [0.05, 0.1) is 12.0 Å². The summed E-state index contributed by atoms with van der Waals surface area (Å²) in [7, 11) is 3.78. The fourth-order valence-corrected chi connectivity index (χ4v) is 4.02. The maximum atomic E-state index is 13.6. The van der Waals surface area contributed by atoms with E-state index in [1.165, 1.54) is 12.1 Å². The molecular weight excluding hydrogens is 389 g/mol. The lowest BCUT2D eigenvalue weighted by atomic mass is 10.0. The molecule has 1 aliphatic rings. The van der Waals surface area contributed by atoms with Crippen LogP contribution in [0, 0.1) is 11.7 Å². The number of halogens is 1. The van der Waals surface area contributed by atoms with Crippen LogP contribution in [0.4, 0.5) is 10.1 Å². The molecule has 1 saturated heterocycles. The summed E-state index contributed by atoms with van der Waals surface area (Å²) < 4.78 is 13.6. The number of hydrogen-bond donors (Lipinski definition) is 1. The van der Waals surface area contributed by atoms with E-state index in [0.29, 0.717) is 13.1 Å². The van der Waals surface area contributed by atoms with Crippen molar-refractivity contribution < 1.29 is 14.0 Å². The van der Waals surface area contributed by atoms with Crippen molar-refractivity contribution in [2.24, 2.45) is 5.92 Å². The van der Waals surface area contributed by atoms with Crippen LogP contribution in [-0.2, 0) is 9.59 Å². The minimum atomic E-state index is -0.393. The van der Waals surface area contributed by atoms with Crippen LogP contribution in [0.1, 0.15) is 18.0 Å². The maximum absolute atomic E-state index is 13.6. The number of carbonyl (C=O) groups is 2. The van der Waals surface area contributed by atoms with Gasteiger partial charge in [-0.1, -0.05) is 18.2 Å². The summed E-state index contributed by atoms with van der Waals surface area (Å²) in [6.07, 6.45) is 2.18. The second-order valence-corrected chi connectivity index (χ2v) is 8.27. The van der Waals surface area contributed by atoms with Crippen LogP contribution in [0.15, 0.2) is 53.4 Å². The molecule has 0 aromatic heterocycles. The zero-order valence-electron chi connectivity index (χ0n) is 16.9. The van der Waals surface area contributed by atoms with Gasteiger partial charge in [0.15, 0.2) is 0 Å². The smallest absolute Gasteiger partial charge is 0.227 e. The zero-order chi connectivity index (χ0) is 21.0. The Morgan fingerprint density at radius 2 is 2.03 bits per heavy atom. The molecule has 0 radical (unpaired) electrons. The Kier molecular flexibility index (Phi) is 6.92. The predicted molar refractivity (Wildman–Crippen MR) is 115 cm³/mol. The fourth-order valence-electron chi connectivity index (χ4n) is 3.57. The van der Waals surface area contributed by atoms with E-state index in [-0.39, 0.29) is 30.1 Å². The molecule has 3 rings (SSSR count). The Labute approximate surface area is 175 Å². The summed E-state index contributed by atoms with van der Waals surface area (Å²) in [4.78, 5) is 29.9. The second kappa shape index (κ2) is 9.41. The van der Waals surface area contributed by atoms with Gasteiger partial charge in [-0.25, -0.2) is 4.39 Å². The first-order chi connectivity index (χ1) is 13.9. The SMILES string of the molecule is CSc1cccc(N2C[C@H](C(=O)NC[C@@H](c3cccc(F)c3)N(C)C)CC2=O)c1. The Hall–Kier alpha value is -2.38. The van der Waals surface area contributed by atoms with Gasteiger partial charge in [-0.15, -0.1) is 11.8 Å². The number of benzene rings is 2. The number of nitrogens with one attached hydrogen (secondary N) is 1. The van der Waals surface area contributed by atoms with Crippen molar-refractivity contribution in [3.05, 3.63) is 59.9 Å². The largest absolute Gasteiger partial charge is 0.354 e. The van der Waals surface area contributed by atoms with Crippen molar-refractivity contribution in [2.45, 2.75) is 17.4 Å². The molecule has 1 N–H and O–H groups in total. The van der Waals surface area contributed by atoms with Crippen LogP contribution < -0.4 is 10.2 Å². The van der Waals surface area contributed by atoms with Gasteiger partial charge in [-0.2, -0.15) is 0 Å². The highest BCUT2D eigenvalue weighted by Gasteiger charge is 2.35. The lowest BCUT2D eigenvalue weighted by Crippen LogP contribution is -2.38. The van der Waals surface area contributed by atoms with E-state index in [1.54, 1.807) is 22.7 Å². The molecule has 2 aromatic carbocycles. The number of rotatable bonds is 7.